The Morgan fingerprint density at radius 1 is 1.03 bits per heavy atom. The summed E-state index contributed by atoms with van der Waals surface area (Å²) in [5, 5.41) is 12.8. The highest BCUT2D eigenvalue weighted by Gasteiger charge is 2.53. The highest BCUT2D eigenvalue weighted by atomic mass is 19.1. The Morgan fingerprint density at radius 3 is 2.27 bits per heavy atom. The van der Waals surface area contributed by atoms with Gasteiger partial charge < -0.3 is 10.4 Å². The van der Waals surface area contributed by atoms with Crippen molar-refractivity contribution >= 4 is 11.9 Å². The van der Waals surface area contributed by atoms with Gasteiger partial charge in [-0.25, -0.2) is 4.39 Å². The van der Waals surface area contributed by atoms with Crippen LogP contribution < -0.4 is 5.32 Å². The van der Waals surface area contributed by atoms with Crippen LogP contribution in [0.15, 0.2) is 48.5 Å². The molecule has 1 aliphatic heterocycles. The monoisotopic (exact) mass is 410 g/mol. The molecule has 0 aromatic heterocycles. The van der Waals surface area contributed by atoms with E-state index in [4.69, 9.17) is 0 Å². The second-order valence-electron chi connectivity index (χ2n) is 8.56. The van der Waals surface area contributed by atoms with E-state index in [9.17, 15) is 19.1 Å². The molecule has 0 spiro atoms. The van der Waals surface area contributed by atoms with E-state index in [0.29, 0.717) is 56.4 Å². The zero-order chi connectivity index (χ0) is 21.4. The van der Waals surface area contributed by atoms with Gasteiger partial charge in [-0.05, 0) is 42.9 Å². The fraction of sp³-hybridized carbons (Fsp3) is 0.417. The summed E-state index contributed by atoms with van der Waals surface area (Å²) in [6, 6.07) is 14.7. The first-order valence-corrected chi connectivity index (χ1v) is 10.4. The van der Waals surface area contributed by atoms with Crippen molar-refractivity contribution in [3.63, 3.8) is 0 Å². The van der Waals surface area contributed by atoms with Gasteiger partial charge in [0.25, 0.3) is 0 Å². The van der Waals surface area contributed by atoms with Gasteiger partial charge in [-0.1, -0.05) is 42.5 Å². The number of benzene rings is 2. The Morgan fingerprint density at radius 2 is 1.70 bits per heavy atom. The first-order chi connectivity index (χ1) is 14.4. The number of halogens is 1. The maximum Gasteiger partial charge on any atom is 0.314 e. The van der Waals surface area contributed by atoms with Crippen molar-refractivity contribution in [2.75, 3.05) is 13.1 Å². The lowest BCUT2D eigenvalue weighted by Gasteiger charge is -2.43. The van der Waals surface area contributed by atoms with Crippen molar-refractivity contribution in [3.05, 3.63) is 71.0 Å². The number of hydrogen-bond donors (Lipinski definition) is 2. The number of carbonyl (C=O) groups is 2. The molecule has 6 heteroatoms. The van der Waals surface area contributed by atoms with Gasteiger partial charge in [0.1, 0.15) is 5.82 Å². The highest BCUT2D eigenvalue weighted by Crippen LogP contribution is 2.50. The number of nitrogens with one attached hydrogen (secondary N) is 1. The van der Waals surface area contributed by atoms with Crippen LogP contribution in [0.25, 0.3) is 0 Å². The predicted octanol–water partition coefficient (Wildman–Crippen LogP) is 3.57. The van der Waals surface area contributed by atoms with E-state index >= 15 is 0 Å². The van der Waals surface area contributed by atoms with Gasteiger partial charge in [0, 0.05) is 32.1 Å². The van der Waals surface area contributed by atoms with Crippen molar-refractivity contribution < 1.29 is 19.1 Å². The molecule has 2 aromatic rings. The molecule has 1 saturated heterocycles. The van der Waals surface area contributed by atoms with Crippen LogP contribution in [0.4, 0.5) is 4.39 Å². The van der Waals surface area contributed by atoms with Crippen molar-refractivity contribution in [2.45, 2.75) is 50.1 Å². The number of aliphatic carboxylic acids is 1. The normalized spacial score (nSPS) is 19.8. The average Bonchev–Trinajstić information content (AvgIpc) is 3.53. The largest absolute Gasteiger partial charge is 0.481 e. The van der Waals surface area contributed by atoms with E-state index < -0.39 is 16.9 Å². The van der Waals surface area contributed by atoms with Crippen molar-refractivity contribution in [1.29, 1.82) is 0 Å². The molecule has 158 valence electrons. The van der Waals surface area contributed by atoms with Gasteiger partial charge in [0.15, 0.2) is 0 Å². The summed E-state index contributed by atoms with van der Waals surface area (Å²) in [5.41, 5.74) is 0.813. The van der Waals surface area contributed by atoms with E-state index in [2.05, 4.69) is 10.2 Å². The van der Waals surface area contributed by atoms with Crippen molar-refractivity contribution in [3.8, 4) is 0 Å². The van der Waals surface area contributed by atoms with Crippen LogP contribution in [0.3, 0.4) is 0 Å². The maximum absolute atomic E-state index is 14.7. The molecule has 5 nitrogen and oxygen atoms in total. The Balaban J connectivity index is 1.54. The third-order valence-electron chi connectivity index (χ3n) is 6.63. The Hall–Kier alpha value is -2.73. The van der Waals surface area contributed by atoms with Crippen LogP contribution in [0.2, 0.25) is 0 Å². The minimum Gasteiger partial charge on any atom is -0.481 e. The van der Waals surface area contributed by atoms with Gasteiger partial charge in [-0.2, -0.15) is 0 Å². The predicted molar refractivity (Wildman–Crippen MR) is 111 cm³/mol. The summed E-state index contributed by atoms with van der Waals surface area (Å²) in [5.74, 6) is -1.29. The Bertz CT molecular complexity index is 948. The molecule has 0 atom stereocenters. The zero-order valence-electron chi connectivity index (χ0n) is 17.2. The molecule has 4 rings (SSSR count). The summed E-state index contributed by atoms with van der Waals surface area (Å²) >= 11 is 0. The number of amides is 1. The maximum atomic E-state index is 14.7. The molecular formula is C24H27FN2O3. The van der Waals surface area contributed by atoms with Gasteiger partial charge in [0.2, 0.25) is 5.91 Å². The van der Waals surface area contributed by atoms with Crippen LogP contribution in [0.1, 0.15) is 49.3 Å². The zero-order valence-corrected chi connectivity index (χ0v) is 17.2. The molecule has 2 aliphatic rings. The number of nitrogens with zero attached hydrogens (tertiary/aromatic N) is 1. The van der Waals surface area contributed by atoms with Gasteiger partial charge in [0.05, 0.1) is 11.0 Å². The van der Waals surface area contributed by atoms with E-state index in [1.807, 2.05) is 30.3 Å². The molecule has 0 unspecified atom stereocenters. The van der Waals surface area contributed by atoms with Crippen molar-refractivity contribution in [1.82, 2.24) is 10.2 Å². The minimum absolute atomic E-state index is 0.0687. The van der Waals surface area contributed by atoms with Gasteiger partial charge >= 0.3 is 5.97 Å². The van der Waals surface area contributed by atoms with Gasteiger partial charge in [-0.3, -0.25) is 14.5 Å². The standard InChI is InChI=1S/C24H27FN2O3/c1-17(28)26-24(18-6-3-2-4-7-18)12-14-27(15-13-24)16-19-20(8-5-9-21(19)25)23(10-11-23)22(29)30/h2-9H,10-16H2,1H3,(H,26,28)(H,29,30). The molecule has 1 amide bonds. The van der Waals surface area contributed by atoms with E-state index in [1.165, 1.54) is 13.0 Å². The first-order valence-electron chi connectivity index (χ1n) is 10.4. The summed E-state index contributed by atoms with van der Waals surface area (Å²) in [4.78, 5) is 25.9. The molecule has 30 heavy (non-hydrogen) atoms. The number of carbonyl (C=O) groups excluding carboxylic acids is 1. The van der Waals surface area contributed by atoms with E-state index in [1.54, 1.807) is 12.1 Å². The quantitative estimate of drug-likeness (QED) is 0.764. The minimum atomic E-state index is -0.933. The fourth-order valence-corrected chi connectivity index (χ4v) is 4.79. The molecule has 2 fully saturated rings. The molecular weight excluding hydrogens is 383 g/mol. The van der Waals surface area contributed by atoms with E-state index in [0.717, 1.165) is 5.56 Å². The number of carboxylic acid groups (broad SMARTS) is 1. The average molecular weight is 410 g/mol. The third-order valence-corrected chi connectivity index (χ3v) is 6.63. The molecule has 2 N–H and O–H groups in total. The molecule has 1 saturated carbocycles. The molecule has 1 heterocycles. The van der Waals surface area contributed by atoms with Crippen LogP contribution in [-0.4, -0.2) is 35.0 Å². The second kappa shape index (κ2) is 7.84. The molecule has 0 bridgehead atoms. The van der Waals surface area contributed by atoms with Crippen molar-refractivity contribution in [2.24, 2.45) is 0 Å². The molecule has 2 aromatic carbocycles. The first kappa shape index (κ1) is 20.5. The SMILES string of the molecule is CC(=O)NC1(c2ccccc2)CCN(Cc2c(F)cccc2C2(C(=O)O)CC2)CC1. The second-order valence-corrected chi connectivity index (χ2v) is 8.56. The number of piperidine rings is 1. The third kappa shape index (κ3) is 3.72. The molecule has 0 radical (unpaired) electrons. The van der Waals surface area contributed by atoms with Crippen LogP contribution in [0.5, 0.6) is 0 Å². The summed E-state index contributed by atoms with van der Waals surface area (Å²) in [7, 11) is 0. The summed E-state index contributed by atoms with van der Waals surface area (Å²) < 4.78 is 14.7. The lowest BCUT2D eigenvalue weighted by atomic mass is 9.80. The van der Waals surface area contributed by atoms with Crippen LogP contribution in [-0.2, 0) is 27.1 Å². The Kier molecular flexibility index (Phi) is 5.36. The van der Waals surface area contributed by atoms with Gasteiger partial charge in [-0.15, -0.1) is 0 Å². The summed E-state index contributed by atoms with van der Waals surface area (Å²) in [6.45, 7) is 3.28. The smallest absolute Gasteiger partial charge is 0.314 e. The number of carboxylic acids is 1. The lowest BCUT2D eigenvalue weighted by Crippen LogP contribution is -2.52. The summed E-state index contributed by atoms with van der Waals surface area (Å²) in [6.07, 6.45) is 2.53. The van der Waals surface area contributed by atoms with Crippen LogP contribution in [0, 0.1) is 5.82 Å². The number of likely N-dealkylation sites (tertiary alicyclic amines) is 1. The highest BCUT2D eigenvalue weighted by molar-refractivity contribution is 5.85. The number of hydrogen-bond acceptors (Lipinski definition) is 3. The topological polar surface area (TPSA) is 69.6 Å². The number of rotatable bonds is 6. The lowest BCUT2D eigenvalue weighted by molar-refractivity contribution is -0.140. The Labute approximate surface area is 175 Å². The molecule has 1 aliphatic carbocycles. The van der Waals surface area contributed by atoms with E-state index in [-0.39, 0.29) is 11.7 Å². The van der Waals surface area contributed by atoms with Crippen LogP contribution >= 0.6 is 0 Å². The fourth-order valence-electron chi connectivity index (χ4n) is 4.79.